The summed E-state index contributed by atoms with van der Waals surface area (Å²) in [6, 6.07) is 7.73. The monoisotopic (exact) mass is 378 g/mol. The lowest BCUT2D eigenvalue weighted by Gasteiger charge is -2.32. The number of nitrogens with one attached hydrogen (secondary N) is 1. The van der Waals surface area contributed by atoms with E-state index in [1.807, 2.05) is 31.2 Å². The van der Waals surface area contributed by atoms with E-state index in [1.54, 1.807) is 6.92 Å². The number of hydrogen-bond donors (Lipinski definition) is 2. The van der Waals surface area contributed by atoms with Crippen molar-refractivity contribution in [3.05, 3.63) is 57.4 Å². The number of dihydropyridines is 1. The van der Waals surface area contributed by atoms with E-state index in [9.17, 15) is 4.79 Å². The molecule has 6 heteroatoms. The van der Waals surface area contributed by atoms with Crippen LogP contribution in [0.25, 0.3) is 0 Å². The fourth-order valence-electron chi connectivity index (χ4n) is 3.15. The summed E-state index contributed by atoms with van der Waals surface area (Å²) in [5, 5.41) is 4.06. The number of hydrogen-bond acceptors (Lipinski definition) is 5. The summed E-state index contributed by atoms with van der Waals surface area (Å²) in [5.41, 5.74) is 10.5. The maximum atomic E-state index is 12.2. The Morgan fingerprint density at radius 1 is 1.31 bits per heavy atom. The fraction of sp³-hybridized carbons (Fsp3) is 0.450. The summed E-state index contributed by atoms with van der Waals surface area (Å²) in [4.78, 5) is 12.2. The van der Waals surface area contributed by atoms with Crippen LogP contribution in [0.1, 0.15) is 38.7 Å². The van der Waals surface area contributed by atoms with Gasteiger partial charge in [-0.1, -0.05) is 29.8 Å². The molecule has 1 atom stereocenters. The molecule has 0 amide bonds. The van der Waals surface area contributed by atoms with Crippen LogP contribution in [0.2, 0.25) is 5.02 Å². The van der Waals surface area contributed by atoms with Crippen LogP contribution in [0.3, 0.4) is 0 Å². The Kier molecular flexibility index (Phi) is 7.69. The van der Waals surface area contributed by atoms with Gasteiger partial charge in [0.25, 0.3) is 0 Å². The average Bonchev–Trinajstić information content (AvgIpc) is 2.61. The molecule has 0 spiro atoms. The van der Waals surface area contributed by atoms with Crippen molar-refractivity contribution < 1.29 is 14.3 Å². The van der Waals surface area contributed by atoms with Crippen LogP contribution >= 0.6 is 11.6 Å². The summed E-state index contributed by atoms with van der Waals surface area (Å²) in [5.74, 6) is -0.351. The Morgan fingerprint density at radius 3 is 2.69 bits per heavy atom. The number of rotatable bonds is 8. The largest absolute Gasteiger partial charge is 0.466 e. The molecule has 142 valence electrons. The van der Waals surface area contributed by atoms with Crippen molar-refractivity contribution in [1.82, 2.24) is 5.32 Å². The molecule has 1 aliphatic heterocycles. The van der Waals surface area contributed by atoms with Gasteiger partial charge < -0.3 is 20.5 Å². The number of allylic oxidation sites excluding steroid dienone is 2. The van der Waals surface area contributed by atoms with Gasteiger partial charge in [-0.3, -0.25) is 4.79 Å². The van der Waals surface area contributed by atoms with Crippen molar-refractivity contribution in [3.8, 4) is 0 Å². The molecule has 0 aliphatic carbocycles. The lowest BCUT2D eigenvalue weighted by Crippen LogP contribution is -2.29. The molecule has 1 heterocycles. The lowest BCUT2D eigenvalue weighted by molar-refractivity contribution is -0.142. The van der Waals surface area contributed by atoms with Crippen LogP contribution < -0.4 is 11.1 Å². The third-order valence-electron chi connectivity index (χ3n) is 4.46. The van der Waals surface area contributed by atoms with Crippen molar-refractivity contribution in [2.45, 2.75) is 33.1 Å². The molecular formula is C20H27ClN2O3. The van der Waals surface area contributed by atoms with Crippen molar-refractivity contribution >= 4 is 17.6 Å². The third kappa shape index (κ3) is 4.87. The first-order chi connectivity index (χ1) is 12.5. The van der Waals surface area contributed by atoms with Crippen molar-refractivity contribution in [2.24, 2.45) is 5.73 Å². The van der Waals surface area contributed by atoms with Gasteiger partial charge in [-0.15, -0.1) is 0 Å². The van der Waals surface area contributed by atoms with Crippen LogP contribution in [0.5, 0.6) is 0 Å². The Balaban J connectivity index is 2.47. The van der Waals surface area contributed by atoms with Crippen LogP contribution in [-0.4, -0.2) is 32.3 Å². The normalized spacial score (nSPS) is 17.3. The number of carbonyl (C=O) groups excluding carboxylic acids is 1. The SMILES string of the molecule is CCOC(=O)CC1=C(COCCN)NC(C)=C(C)C1c1ccccc1Cl. The van der Waals surface area contributed by atoms with Crippen LogP contribution in [0.15, 0.2) is 46.8 Å². The minimum absolute atomic E-state index is 0.0918. The van der Waals surface area contributed by atoms with E-state index in [1.165, 1.54) is 0 Å². The number of carbonyl (C=O) groups is 1. The topological polar surface area (TPSA) is 73.6 Å². The number of halogens is 1. The number of esters is 1. The van der Waals surface area contributed by atoms with Gasteiger partial charge in [0.1, 0.15) is 0 Å². The first-order valence-electron chi connectivity index (χ1n) is 8.83. The lowest BCUT2D eigenvalue weighted by atomic mass is 9.80. The standard InChI is InChI=1S/C20H27ClN2O3/c1-4-26-19(24)11-16-18(12-25-10-9-22)23-14(3)13(2)20(16)15-7-5-6-8-17(15)21/h5-8,20,23H,4,9-12,22H2,1-3H3. The van der Waals surface area contributed by atoms with E-state index in [4.69, 9.17) is 26.8 Å². The maximum Gasteiger partial charge on any atom is 0.310 e. The minimum atomic E-state index is -0.259. The average molecular weight is 379 g/mol. The molecule has 0 saturated heterocycles. The molecule has 1 aromatic carbocycles. The van der Waals surface area contributed by atoms with E-state index in [0.29, 0.717) is 31.4 Å². The van der Waals surface area contributed by atoms with E-state index in [0.717, 1.165) is 28.1 Å². The predicted octanol–water partition coefficient (Wildman–Crippen LogP) is 3.50. The van der Waals surface area contributed by atoms with E-state index < -0.39 is 0 Å². The zero-order valence-corrected chi connectivity index (χ0v) is 16.4. The Hall–Kier alpha value is -1.82. The van der Waals surface area contributed by atoms with Crippen LogP contribution in [0, 0.1) is 0 Å². The Bertz CT molecular complexity index is 713. The molecule has 26 heavy (non-hydrogen) atoms. The molecule has 1 unspecified atom stereocenters. The second kappa shape index (κ2) is 9.76. The molecule has 0 radical (unpaired) electrons. The Labute approximate surface area is 160 Å². The molecule has 1 aliphatic rings. The smallest absolute Gasteiger partial charge is 0.310 e. The van der Waals surface area contributed by atoms with Gasteiger partial charge >= 0.3 is 5.97 Å². The summed E-state index contributed by atoms with van der Waals surface area (Å²) < 4.78 is 10.8. The first kappa shape index (κ1) is 20.5. The quantitative estimate of drug-likeness (QED) is 0.535. The molecule has 0 aromatic heterocycles. The predicted molar refractivity (Wildman–Crippen MR) is 104 cm³/mol. The molecule has 2 rings (SSSR count). The second-order valence-corrected chi connectivity index (χ2v) is 6.62. The summed E-state index contributed by atoms with van der Waals surface area (Å²) in [6.45, 7) is 7.49. The molecule has 1 aromatic rings. The van der Waals surface area contributed by atoms with Crippen molar-refractivity contribution in [2.75, 3.05) is 26.4 Å². The molecule has 0 bridgehead atoms. The van der Waals surface area contributed by atoms with E-state index in [2.05, 4.69) is 12.2 Å². The van der Waals surface area contributed by atoms with Gasteiger partial charge in [0.2, 0.25) is 0 Å². The van der Waals surface area contributed by atoms with Crippen LogP contribution in [0.4, 0.5) is 0 Å². The molecule has 5 nitrogen and oxygen atoms in total. The highest BCUT2D eigenvalue weighted by Gasteiger charge is 2.30. The van der Waals surface area contributed by atoms with Gasteiger partial charge in [-0.2, -0.15) is 0 Å². The van der Waals surface area contributed by atoms with E-state index in [-0.39, 0.29) is 18.3 Å². The van der Waals surface area contributed by atoms with Crippen molar-refractivity contribution in [3.63, 3.8) is 0 Å². The maximum absolute atomic E-state index is 12.2. The van der Waals surface area contributed by atoms with Gasteiger partial charge in [-0.05, 0) is 43.5 Å². The van der Waals surface area contributed by atoms with E-state index >= 15 is 0 Å². The Morgan fingerprint density at radius 2 is 2.04 bits per heavy atom. The molecular weight excluding hydrogens is 352 g/mol. The fourth-order valence-corrected chi connectivity index (χ4v) is 3.39. The van der Waals surface area contributed by atoms with Crippen LogP contribution in [-0.2, 0) is 14.3 Å². The van der Waals surface area contributed by atoms with Gasteiger partial charge in [0, 0.05) is 28.9 Å². The third-order valence-corrected chi connectivity index (χ3v) is 4.81. The first-order valence-corrected chi connectivity index (χ1v) is 9.21. The van der Waals surface area contributed by atoms with Gasteiger partial charge in [-0.25, -0.2) is 0 Å². The number of nitrogens with two attached hydrogens (primary N) is 1. The summed E-state index contributed by atoms with van der Waals surface area (Å²) >= 11 is 6.48. The molecule has 0 saturated carbocycles. The second-order valence-electron chi connectivity index (χ2n) is 6.21. The number of ether oxygens (including phenoxy) is 2. The zero-order valence-electron chi connectivity index (χ0n) is 15.6. The zero-order chi connectivity index (χ0) is 19.1. The highest BCUT2D eigenvalue weighted by Crippen LogP contribution is 2.41. The summed E-state index contributed by atoms with van der Waals surface area (Å²) in [7, 11) is 0. The van der Waals surface area contributed by atoms with Gasteiger partial charge in [0.05, 0.1) is 26.2 Å². The van der Waals surface area contributed by atoms with Gasteiger partial charge in [0.15, 0.2) is 0 Å². The molecule has 3 N–H and O–H groups in total. The molecule has 0 fully saturated rings. The van der Waals surface area contributed by atoms with Crippen molar-refractivity contribution in [1.29, 1.82) is 0 Å². The highest BCUT2D eigenvalue weighted by molar-refractivity contribution is 6.31. The minimum Gasteiger partial charge on any atom is -0.466 e. The summed E-state index contributed by atoms with van der Waals surface area (Å²) in [6.07, 6.45) is 0.183. The number of benzene rings is 1. The highest BCUT2D eigenvalue weighted by atomic mass is 35.5.